The Hall–Kier alpha value is -3.13. The van der Waals surface area contributed by atoms with E-state index in [1.807, 2.05) is 0 Å². The van der Waals surface area contributed by atoms with Gasteiger partial charge in [-0.25, -0.2) is 8.91 Å². The van der Waals surface area contributed by atoms with E-state index in [2.05, 4.69) is 20.6 Å². The van der Waals surface area contributed by atoms with Gasteiger partial charge in [0.1, 0.15) is 5.52 Å². The van der Waals surface area contributed by atoms with Gasteiger partial charge in [-0.15, -0.1) is 0 Å². The highest BCUT2D eigenvalue weighted by molar-refractivity contribution is 6.35. The smallest absolute Gasteiger partial charge is 0.212 e. The molecule has 1 fully saturated rings. The number of H-pyrrole nitrogens is 1. The van der Waals surface area contributed by atoms with Crippen molar-refractivity contribution in [3.8, 4) is 16.9 Å². The van der Waals surface area contributed by atoms with E-state index in [1.165, 1.54) is 26.4 Å². The molecule has 1 aliphatic carbocycles. The molecule has 0 bridgehead atoms. The van der Waals surface area contributed by atoms with E-state index in [1.54, 1.807) is 35.1 Å². The highest BCUT2D eigenvalue weighted by atomic mass is 35.5. The zero-order chi connectivity index (χ0) is 19.7. The minimum absolute atomic E-state index is 0.0177. The number of pyridine rings is 1. The highest BCUT2D eigenvalue weighted by Gasteiger charge is 2.22. The van der Waals surface area contributed by atoms with Gasteiger partial charge in [-0.05, 0) is 17.7 Å². The number of rotatable bonds is 4. The van der Waals surface area contributed by atoms with Gasteiger partial charge in [0.25, 0.3) is 0 Å². The number of hydrogen-bond donors (Lipinski definition) is 2. The molecule has 28 heavy (non-hydrogen) atoms. The van der Waals surface area contributed by atoms with Gasteiger partial charge in [0.05, 0.1) is 23.8 Å². The van der Waals surface area contributed by atoms with Gasteiger partial charge in [0, 0.05) is 23.2 Å². The number of fused-ring (bicyclic) bond motifs is 2. The highest BCUT2D eigenvalue weighted by Crippen LogP contribution is 2.42. The van der Waals surface area contributed by atoms with Gasteiger partial charge in [-0.1, -0.05) is 30.9 Å². The van der Waals surface area contributed by atoms with Crippen molar-refractivity contribution in [3.63, 3.8) is 0 Å². The molecule has 5 rings (SSSR count). The van der Waals surface area contributed by atoms with Crippen molar-refractivity contribution in [2.24, 2.45) is 0 Å². The third-order valence-electron chi connectivity index (χ3n) is 4.26. The van der Waals surface area contributed by atoms with Crippen LogP contribution in [0, 0.1) is 5.82 Å². The molecule has 1 amide bonds. The Kier molecular flexibility index (Phi) is 4.87. The Balaban J connectivity index is 0.000000586. The Labute approximate surface area is 164 Å². The second kappa shape index (κ2) is 7.47. The molecule has 0 saturated heterocycles. The minimum Gasteiger partial charge on any atom is -0.491 e. The Morgan fingerprint density at radius 1 is 1.36 bits per heavy atom. The van der Waals surface area contributed by atoms with Crippen LogP contribution in [0.4, 0.5) is 10.2 Å². The predicted octanol–water partition coefficient (Wildman–Crippen LogP) is 4.42. The predicted molar refractivity (Wildman–Crippen MR) is 105 cm³/mol. The van der Waals surface area contributed by atoms with E-state index in [9.17, 15) is 9.18 Å². The van der Waals surface area contributed by atoms with Crippen LogP contribution in [-0.4, -0.2) is 33.3 Å². The topological polar surface area (TPSA) is 84.3 Å². The van der Waals surface area contributed by atoms with Crippen molar-refractivity contribution < 1.29 is 13.9 Å². The first-order chi connectivity index (χ1) is 13.6. The number of methoxy groups -OCH3 is 1. The van der Waals surface area contributed by atoms with Crippen LogP contribution in [0.25, 0.3) is 27.5 Å². The zero-order valence-electron chi connectivity index (χ0n) is 15.0. The van der Waals surface area contributed by atoms with E-state index in [4.69, 9.17) is 16.3 Å². The Morgan fingerprint density at radius 3 is 2.82 bits per heavy atom. The normalized spacial score (nSPS) is 12.5. The average Bonchev–Trinajstić information content (AvgIpc) is 3.41. The Bertz CT molecular complexity index is 1170. The molecule has 0 spiro atoms. The van der Waals surface area contributed by atoms with Crippen molar-refractivity contribution in [2.45, 2.75) is 19.3 Å². The number of nitrogens with one attached hydrogen (secondary N) is 2. The summed E-state index contributed by atoms with van der Waals surface area (Å²) < 4.78 is 21.3. The standard InChI is InChI=1S/C16H11ClFN5O2.C3H6/c1-25-16-14(18)13(17)12(10-6-20-21-15(10)16)8-2-3-23-9(4-8)5-11(22-23)19-7-24;1-2-3-1/h2-7H,1H3,(H,20,21)(H,19,22,24);1-3H2. The second-order valence-electron chi connectivity index (χ2n) is 6.33. The molecule has 3 heterocycles. The molecule has 9 heteroatoms. The summed E-state index contributed by atoms with van der Waals surface area (Å²) in [4.78, 5) is 10.6. The summed E-state index contributed by atoms with van der Waals surface area (Å²) in [7, 11) is 1.37. The van der Waals surface area contributed by atoms with Gasteiger partial charge >= 0.3 is 0 Å². The van der Waals surface area contributed by atoms with E-state index >= 15 is 0 Å². The van der Waals surface area contributed by atoms with Crippen LogP contribution in [0.15, 0.2) is 30.6 Å². The van der Waals surface area contributed by atoms with Gasteiger partial charge < -0.3 is 10.1 Å². The summed E-state index contributed by atoms with van der Waals surface area (Å²) in [6.45, 7) is 0. The SMILES string of the molecule is C1CC1.COc1c(F)c(Cl)c(-c2ccn3nc(NC=O)cc3c2)c2cn[nH]c12. The van der Waals surface area contributed by atoms with Gasteiger partial charge in [0.2, 0.25) is 6.41 Å². The van der Waals surface area contributed by atoms with Crippen molar-refractivity contribution in [3.05, 3.63) is 41.4 Å². The maximum atomic E-state index is 14.6. The summed E-state index contributed by atoms with van der Waals surface area (Å²) in [6, 6.07) is 5.24. The molecule has 7 nitrogen and oxygen atoms in total. The Morgan fingerprint density at radius 2 is 2.14 bits per heavy atom. The summed E-state index contributed by atoms with van der Waals surface area (Å²) in [5.74, 6) is -0.232. The molecule has 1 saturated carbocycles. The van der Waals surface area contributed by atoms with Gasteiger partial charge in [-0.3, -0.25) is 9.89 Å². The van der Waals surface area contributed by atoms with Gasteiger partial charge in [-0.2, -0.15) is 10.2 Å². The molecule has 1 aromatic carbocycles. The molecule has 144 valence electrons. The number of aromatic amines is 1. The maximum Gasteiger partial charge on any atom is 0.212 e. The summed E-state index contributed by atoms with van der Waals surface area (Å²) in [5, 5.41) is 14.0. The summed E-state index contributed by atoms with van der Waals surface area (Å²) >= 11 is 6.28. The molecule has 3 aromatic heterocycles. The molecule has 2 N–H and O–H groups in total. The number of ether oxygens (including phenoxy) is 1. The van der Waals surface area contributed by atoms with Gasteiger partial charge in [0.15, 0.2) is 17.4 Å². The molecule has 4 aromatic rings. The number of hydrogen-bond acceptors (Lipinski definition) is 4. The fraction of sp³-hybridized carbons (Fsp3) is 0.211. The number of anilines is 1. The molecule has 0 radical (unpaired) electrons. The molecule has 0 aliphatic heterocycles. The van der Waals surface area contributed by atoms with E-state index in [0.717, 1.165) is 0 Å². The third kappa shape index (κ3) is 3.27. The van der Waals surface area contributed by atoms with Crippen LogP contribution in [0.3, 0.4) is 0 Å². The second-order valence-corrected chi connectivity index (χ2v) is 6.71. The van der Waals surface area contributed by atoms with Crippen molar-refractivity contribution in [2.75, 3.05) is 12.4 Å². The quantitative estimate of drug-likeness (QED) is 0.496. The number of carbonyl (C=O) groups is 1. The lowest BCUT2D eigenvalue weighted by atomic mass is 10.0. The molecular weight excluding hydrogens is 385 g/mol. The zero-order valence-corrected chi connectivity index (χ0v) is 15.8. The maximum absolute atomic E-state index is 14.6. The lowest BCUT2D eigenvalue weighted by Gasteiger charge is -2.11. The van der Waals surface area contributed by atoms with Crippen LogP contribution >= 0.6 is 11.6 Å². The molecule has 1 aliphatic rings. The fourth-order valence-corrected chi connectivity index (χ4v) is 3.14. The molecule has 0 atom stereocenters. The van der Waals surface area contributed by atoms with E-state index in [-0.39, 0.29) is 10.8 Å². The van der Waals surface area contributed by atoms with Crippen LogP contribution in [0.1, 0.15) is 19.3 Å². The number of amides is 1. The minimum atomic E-state index is -0.660. The lowest BCUT2D eigenvalue weighted by Crippen LogP contribution is -1.95. The number of nitrogens with zero attached hydrogens (tertiary/aromatic N) is 3. The summed E-state index contributed by atoms with van der Waals surface area (Å²) in [6.07, 6.45) is 8.32. The van der Waals surface area contributed by atoms with Crippen LogP contribution < -0.4 is 10.1 Å². The number of carbonyl (C=O) groups excluding carboxylic acids is 1. The first-order valence-electron chi connectivity index (χ1n) is 8.72. The largest absolute Gasteiger partial charge is 0.491 e. The molecular formula is C19H17ClFN5O2. The average molecular weight is 402 g/mol. The van der Waals surface area contributed by atoms with E-state index in [0.29, 0.717) is 39.8 Å². The van der Waals surface area contributed by atoms with Crippen molar-refractivity contribution in [1.29, 1.82) is 0 Å². The van der Waals surface area contributed by atoms with E-state index < -0.39 is 5.82 Å². The number of benzene rings is 1. The lowest BCUT2D eigenvalue weighted by molar-refractivity contribution is -0.105. The summed E-state index contributed by atoms with van der Waals surface area (Å²) in [5.41, 5.74) is 2.32. The van der Waals surface area contributed by atoms with Crippen molar-refractivity contribution in [1.82, 2.24) is 19.8 Å². The first kappa shape index (κ1) is 18.2. The third-order valence-corrected chi connectivity index (χ3v) is 4.62. The van der Waals surface area contributed by atoms with Crippen molar-refractivity contribution >= 4 is 40.2 Å². The molecule has 0 unspecified atom stereocenters. The number of halogens is 2. The van der Waals surface area contributed by atoms with Crippen LogP contribution in [-0.2, 0) is 4.79 Å². The monoisotopic (exact) mass is 401 g/mol. The fourth-order valence-electron chi connectivity index (χ4n) is 2.84. The van der Waals surface area contributed by atoms with Crippen LogP contribution in [0.5, 0.6) is 5.75 Å². The first-order valence-corrected chi connectivity index (χ1v) is 9.10. The number of aromatic nitrogens is 4. The van der Waals surface area contributed by atoms with Crippen LogP contribution in [0.2, 0.25) is 5.02 Å².